The van der Waals surface area contributed by atoms with Crippen molar-refractivity contribution < 1.29 is 4.39 Å². The van der Waals surface area contributed by atoms with Crippen LogP contribution in [-0.2, 0) is 0 Å². The van der Waals surface area contributed by atoms with Crippen LogP contribution in [0.1, 0.15) is 6.92 Å². The van der Waals surface area contributed by atoms with E-state index in [4.69, 9.17) is 11.6 Å². The lowest BCUT2D eigenvalue weighted by Gasteiger charge is -2.34. The van der Waals surface area contributed by atoms with E-state index < -0.39 is 0 Å². The van der Waals surface area contributed by atoms with Crippen LogP contribution in [-0.4, -0.2) is 25.7 Å². The molecule has 0 radical (unpaired) electrons. The highest BCUT2D eigenvalue weighted by Gasteiger charge is 2.17. The number of hydrogen-bond acceptors (Lipinski definition) is 2. The first-order chi connectivity index (χ1) is 7.16. The summed E-state index contributed by atoms with van der Waals surface area (Å²) in [7, 11) is 0. The van der Waals surface area contributed by atoms with Gasteiger partial charge in [-0.15, -0.1) is 0 Å². The molecule has 1 fully saturated rings. The van der Waals surface area contributed by atoms with E-state index >= 15 is 0 Å². The van der Waals surface area contributed by atoms with Gasteiger partial charge in [-0.25, -0.2) is 4.39 Å². The van der Waals surface area contributed by atoms with Crippen molar-refractivity contribution in [2.24, 2.45) is 0 Å². The molecule has 0 aromatic heterocycles. The summed E-state index contributed by atoms with van der Waals surface area (Å²) >= 11 is 6.01. The zero-order valence-corrected chi connectivity index (χ0v) is 9.39. The number of benzene rings is 1. The second-order valence-corrected chi connectivity index (χ2v) is 4.30. The number of halogens is 2. The van der Waals surface area contributed by atoms with Gasteiger partial charge in [-0.1, -0.05) is 11.6 Å². The minimum absolute atomic E-state index is 0.285. The number of nitrogens with one attached hydrogen (secondary N) is 1. The SMILES string of the molecule is CC1CN(c2ccc(F)cc2Cl)CCN1. The Morgan fingerprint density at radius 2 is 2.33 bits per heavy atom. The molecule has 1 aromatic rings. The Hall–Kier alpha value is -0.800. The molecule has 0 bridgehead atoms. The van der Waals surface area contributed by atoms with Crippen molar-refractivity contribution in [2.75, 3.05) is 24.5 Å². The standard InChI is InChI=1S/C11H14ClFN2/c1-8-7-15(5-4-14-8)11-3-2-9(13)6-10(11)12/h2-3,6,8,14H,4-5,7H2,1H3. The zero-order chi connectivity index (χ0) is 10.8. The molecule has 1 saturated heterocycles. The van der Waals surface area contributed by atoms with Crippen molar-refractivity contribution in [1.29, 1.82) is 0 Å². The molecule has 1 N–H and O–H groups in total. The van der Waals surface area contributed by atoms with E-state index in [9.17, 15) is 4.39 Å². The van der Waals surface area contributed by atoms with Crippen molar-refractivity contribution in [3.8, 4) is 0 Å². The molecule has 1 heterocycles. The van der Waals surface area contributed by atoms with Crippen molar-refractivity contribution in [3.63, 3.8) is 0 Å². The number of nitrogens with zero attached hydrogens (tertiary/aromatic N) is 1. The van der Waals surface area contributed by atoms with E-state index in [-0.39, 0.29) is 5.82 Å². The molecule has 1 aliphatic heterocycles. The maximum atomic E-state index is 12.9. The van der Waals surface area contributed by atoms with Crippen LogP contribution in [0.5, 0.6) is 0 Å². The molecule has 15 heavy (non-hydrogen) atoms. The third kappa shape index (κ3) is 2.41. The number of anilines is 1. The van der Waals surface area contributed by atoms with E-state index in [2.05, 4.69) is 17.1 Å². The summed E-state index contributed by atoms with van der Waals surface area (Å²) in [5, 5.41) is 3.84. The molecule has 2 nitrogen and oxygen atoms in total. The van der Waals surface area contributed by atoms with E-state index in [0.717, 1.165) is 25.3 Å². The summed E-state index contributed by atoms with van der Waals surface area (Å²) in [6, 6.07) is 5.01. The van der Waals surface area contributed by atoms with Gasteiger partial charge >= 0.3 is 0 Å². The Morgan fingerprint density at radius 1 is 1.53 bits per heavy atom. The molecule has 0 aliphatic carbocycles. The quantitative estimate of drug-likeness (QED) is 0.794. The highest BCUT2D eigenvalue weighted by molar-refractivity contribution is 6.33. The van der Waals surface area contributed by atoms with Gasteiger partial charge in [0.05, 0.1) is 10.7 Å². The first-order valence-corrected chi connectivity index (χ1v) is 5.48. The second kappa shape index (κ2) is 4.37. The summed E-state index contributed by atoms with van der Waals surface area (Å²) in [4.78, 5) is 2.18. The van der Waals surface area contributed by atoms with E-state index in [1.807, 2.05) is 0 Å². The first kappa shape index (κ1) is 10.7. The molecular weight excluding hydrogens is 215 g/mol. The average Bonchev–Trinajstić information content (AvgIpc) is 2.17. The smallest absolute Gasteiger partial charge is 0.124 e. The molecule has 2 rings (SSSR count). The van der Waals surface area contributed by atoms with Crippen molar-refractivity contribution >= 4 is 17.3 Å². The Kier molecular flexibility index (Phi) is 3.12. The largest absolute Gasteiger partial charge is 0.368 e. The van der Waals surface area contributed by atoms with Crippen LogP contribution in [0.15, 0.2) is 18.2 Å². The van der Waals surface area contributed by atoms with Gasteiger partial charge < -0.3 is 10.2 Å². The van der Waals surface area contributed by atoms with E-state index in [1.54, 1.807) is 6.07 Å². The minimum Gasteiger partial charge on any atom is -0.368 e. The zero-order valence-electron chi connectivity index (χ0n) is 8.63. The number of hydrogen-bond donors (Lipinski definition) is 1. The first-order valence-electron chi connectivity index (χ1n) is 5.10. The van der Waals surface area contributed by atoms with Gasteiger partial charge in [0, 0.05) is 25.7 Å². The highest BCUT2D eigenvalue weighted by atomic mass is 35.5. The minimum atomic E-state index is -0.285. The monoisotopic (exact) mass is 228 g/mol. The van der Waals surface area contributed by atoms with Crippen LogP contribution in [0, 0.1) is 5.82 Å². The number of piperazine rings is 1. The van der Waals surface area contributed by atoms with Gasteiger partial charge in [-0.3, -0.25) is 0 Å². The highest BCUT2D eigenvalue weighted by Crippen LogP contribution is 2.27. The molecule has 0 amide bonds. The lowest BCUT2D eigenvalue weighted by atomic mass is 10.2. The lowest BCUT2D eigenvalue weighted by Crippen LogP contribution is -2.49. The third-order valence-corrected chi connectivity index (χ3v) is 2.92. The van der Waals surface area contributed by atoms with Gasteiger partial charge in [0.25, 0.3) is 0 Å². The molecule has 1 unspecified atom stereocenters. The van der Waals surface area contributed by atoms with Crippen molar-refractivity contribution in [3.05, 3.63) is 29.0 Å². The maximum absolute atomic E-state index is 12.9. The average molecular weight is 229 g/mol. The molecule has 1 aliphatic rings. The topological polar surface area (TPSA) is 15.3 Å². The second-order valence-electron chi connectivity index (χ2n) is 3.90. The van der Waals surface area contributed by atoms with Crippen LogP contribution in [0.3, 0.4) is 0 Å². The summed E-state index contributed by atoms with van der Waals surface area (Å²) in [5.74, 6) is -0.285. The summed E-state index contributed by atoms with van der Waals surface area (Å²) in [6.07, 6.45) is 0. The summed E-state index contributed by atoms with van der Waals surface area (Å²) in [5.41, 5.74) is 0.923. The van der Waals surface area contributed by atoms with Crippen LogP contribution in [0.2, 0.25) is 5.02 Å². The summed E-state index contributed by atoms with van der Waals surface area (Å²) in [6.45, 7) is 4.89. The Balaban J connectivity index is 2.21. The van der Waals surface area contributed by atoms with Gasteiger partial charge in [0.1, 0.15) is 5.82 Å². The van der Waals surface area contributed by atoms with Crippen molar-refractivity contribution in [2.45, 2.75) is 13.0 Å². The van der Waals surface area contributed by atoms with Crippen LogP contribution >= 0.6 is 11.6 Å². The molecule has 0 spiro atoms. The Labute approximate surface area is 94.0 Å². The number of rotatable bonds is 1. The fraction of sp³-hybridized carbons (Fsp3) is 0.455. The fourth-order valence-electron chi connectivity index (χ4n) is 1.89. The fourth-order valence-corrected chi connectivity index (χ4v) is 2.18. The molecular formula is C11H14ClFN2. The molecule has 4 heteroatoms. The predicted molar refractivity (Wildman–Crippen MR) is 61.1 cm³/mol. The van der Waals surface area contributed by atoms with Gasteiger partial charge in [-0.2, -0.15) is 0 Å². The van der Waals surface area contributed by atoms with Crippen LogP contribution in [0.25, 0.3) is 0 Å². The Morgan fingerprint density at radius 3 is 3.00 bits per heavy atom. The van der Waals surface area contributed by atoms with Crippen LogP contribution < -0.4 is 10.2 Å². The Bertz CT molecular complexity index is 356. The normalized spacial score (nSPS) is 21.8. The van der Waals surface area contributed by atoms with Gasteiger partial charge in [0.2, 0.25) is 0 Å². The van der Waals surface area contributed by atoms with Gasteiger partial charge in [-0.05, 0) is 25.1 Å². The van der Waals surface area contributed by atoms with E-state index in [1.165, 1.54) is 12.1 Å². The van der Waals surface area contributed by atoms with Gasteiger partial charge in [0.15, 0.2) is 0 Å². The third-order valence-electron chi connectivity index (χ3n) is 2.62. The van der Waals surface area contributed by atoms with Crippen LogP contribution in [0.4, 0.5) is 10.1 Å². The predicted octanol–water partition coefficient (Wildman–Crippen LogP) is 2.28. The molecule has 0 saturated carbocycles. The lowest BCUT2D eigenvalue weighted by molar-refractivity contribution is 0.484. The summed E-state index contributed by atoms with van der Waals surface area (Å²) < 4.78 is 12.9. The molecule has 1 aromatic carbocycles. The molecule has 82 valence electrons. The van der Waals surface area contributed by atoms with Crippen molar-refractivity contribution in [1.82, 2.24) is 5.32 Å². The maximum Gasteiger partial charge on any atom is 0.124 e. The molecule has 1 atom stereocenters. The van der Waals surface area contributed by atoms with E-state index in [0.29, 0.717) is 11.1 Å².